The Bertz CT molecular complexity index is 342. The van der Waals surface area contributed by atoms with E-state index in [1.165, 1.54) is 0 Å². The molecular formula is C9H11N3O2S. The summed E-state index contributed by atoms with van der Waals surface area (Å²) in [4.78, 5) is 21.5. The van der Waals surface area contributed by atoms with Crippen LogP contribution in [0.3, 0.4) is 0 Å². The number of nitrogens with two attached hydrogens (primary N) is 1. The van der Waals surface area contributed by atoms with Crippen LogP contribution in [0.4, 0.5) is 10.5 Å². The number of carbonyl (C=O) groups excluding carboxylic acids is 2. The van der Waals surface area contributed by atoms with Crippen LogP contribution in [0.1, 0.15) is 0 Å². The predicted octanol–water partition coefficient (Wildman–Crippen LogP) is 0.942. The first-order chi connectivity index (χ1) is 7.18. The number of hydrogen-bond donors (Lipinski definition) is 3. The van der Waals surface area contributed by atoms with Crippen molar-refractivity contribution in [3.8, 4) is 0 Å². The zero-order valence-corrected chi connectivity index (χ0v) is 8.71. The van der Waals surface area contributed by atoms with Crippen LogP contribution in [0.5, 0.6) is 0 Å². The highest BCUT2D eigenvalue weighted by Gasteiger charge is 2.03. The maximum atomic E-state index is 11.1. The van der Waals surface area contributed by atoms with Crippen LogP contribution in [0, 0.1) is 0 Å². The second-order valence-electron chi connectivity index (χ2n) is 2.65. The maximum absolute atomic E-state index is 11.1. The molecule has 0 saturated heterocycles. The van der Waals surface area contributed by atoms with E-state index in [0.29, 0.717) is 0 Å². The van der Waals surface area contributed by atoms with Gasteiger partial charge in [0.2, 0.25) is 5.91 Å². The van der Waals surface area contributed by atoms with Crippen molar-refractivity contribution in [1.82, 2.24) is 5.43 Å². The number of primary amides is 1. The van der Waals surface area contributed by atoms with Crippen LogP contribution < -0.4 is 16.6 Å². The van der Waals surface area contributed by atoms with Crippen molar-refractivity contribution in [1.29, 1.82) is 0 Å². The van der Waals surface area contributed by atoms with Gasteiger partial charge in [0.1, 0.15) is 0 Å². The highest BCUT2D eigenvalue weighted by molar-refractivity contribution is 8.14. The average Bonchev–Trinajstić information content (AvgIpc) is 2.25. The van der Waals surface area contributed by atoms with E-state index in [-0.39, 0.29) is 11.7 Å². The Labute approximate surface area is 91.4 Å². The van der Waals surface area contributed by atoms with Crippen molar-refractivity contribution in [2.24, 2.45) is 5.73 Å². The van der Waals surface area contributed by atoms with Gasteiger partial charge in [-0.2, -0.15) is 0 Å². The lowest BCUT2D eigenvalue weighted by molar-refractivity contribution is -0.118. The lowest BCUT2D eigenvalue weighted by Crippen LogP contribution is -2.31. The second-order valence-corrected chi connectivity index (χ2v) is 3.63. The van der Waals surface area contributed by atoms with E-state index in [4.69, 9.17) is 5.73 Å². The van der Waals surface area contributed by atoms with E-state index < -0.39 is 5.24 Å². The van der Waals surface area contributed by atoms with Gasteiger partial charge in [-0.1, -0.05) is 30.0 Å². The lowest BCUT2D eigenvalue weighted by atomic mass is 10.3. The average molecular weight is 225 g/mol. The highest BCUT2D eigenvalue weighted by atomic mass is 32.2. The molecule has 2 amide bonds. The van der Waals surface area contributed by atoms with E-state index in [1.807, 2.05) is 30.3 Å². The standard InChI is InChI=1S/C9H11N3O2S/c10-9(14)15-6-8(13)12-11-7-4-2-1-3-5-7/h1-5,11H,6H2,(H2,10,14)(H,12,13). The number of rotatable bonds is 4. The van der Waals surface area contributed by atoms with Crippen molar-refractivity contribution in [2.45, 2.75) is 0 Å². The first-order valence-electron chi connectivity index (χ1n) is 4.20. The number of para-hydroxylation sites is 1. The van der Waals surface area contributed by atoms with Gasteiger partial charge in [-0.25, -0.2) is 0 Å². The summed E-state index contributed by atoms with van der Waals surface area (Å²) in [5, 5.41) is -0.565. The van der Waals surface area contributed by atoms with Gasteiger partial charge in [0.25, 0.3) is 5.24 Å². The molecule has 1 aromatic rings. The number of thioether (sulfide) groups is 1. The maximum Gasteiger partial charge on any atom is 0.276 e. The molecule has 0 fully saturated rings. The summed E-state index contributed by atoms with van der Waals surface area (Å²) in [6, 6.07) is 9.16. The minimum absolute atomic E-state index is 0.00909. The molecule has 0 spiro atoms. The molecule has 80 valence electrons. The van der Waals surface area contributed by atoms with Crippen LogP contribution in [0.15, 0.2) is 30.3 Å². The third-order valence-corrected chi connectivity index (χ3v) is 2.16. The zero-order chi connectivity index (χ0) is 11.1. The van der Waals surface area contributed by atoms with Crippen molar-refractivity contribution < 1.29 is 9.59 Å². The molecule has 4 N–H and O–H groups in total. The van der Waals surface area contributed by atoms with Crippen molar-refractivity contribution in [2.75, 3.05) is 11.2 Å². The van der Waals surface area contributed by atoms with Gasteiger partial charge >= 0.3 is 0 Å². The molecule has 15 heavy (non-hydrogen) atoms. The van der Waals surface area contributed by atoms with E-state index in [0.717, 1.165) is 17.4 Å². The van der Waals surface area contributed by atoms with Gasteiger partial charge < -0.3 is 5.73 Å². The topological polar surface area (TPSA) is 84.2 Å². The zero-order valence-electron chi connectivity index (χ0n) is 7.90. The van der Waals surface area contributed by atoms with Crippen LogP contribution in [-0.2, 0) is 4.79 Å². The molecule has 0 aromatic heterocycles. The molecule has 0 radical (unpaired) electrons. The fourth-order valence-corrected chi connectivity index (χ4v) is 1.18. The van der Waals surface area contributed by atoms with E-state index in [1.54, 1.807) is 0 Å². The molecule has 6 heteroatoms. The van der Waals surface area contributed by atoms with Gasteiger partial charge in [0, 0.05) is 0 Å². The van der Waals surface area contributed by atoms with Crippen molar-refractivity contribution in [3.63, 3.8) is 0 Å². The third kappa shape index (κ3) is 4.92. The molecule has 0 aliphatic carbocycles. The largest absolute Gasteiger partial charge is 0.361 e. The van der Waals surface area contributed by atoms with Gasteiger partial charge in [-0.15, -0.1) is 0 Å². The fraction of sp³-hybridized carbons (Fsp3) is 0.111. The Morgan fingerprint density at radius 2 is 1.93 bits per heavy atom. The number of anilines is 1. The summed E-state index contributed by atoms with van der Waals surface area (Å²) < 4.78 is 0. The van der Waals surface area contributed by atoms with Crippen LogP contribution in [0.25, 0.3) is 0 Å². The number of hydrogen-bond acceptors (Lipinski definition) is 4. The van der Waals surface area contributed by atoms with Crippen LogP contribution >= 0.6 is 11.8 Å². The Kier molecular flexibility index (Phi) is 4.49. The van der Waals surface area contributed by atoms with Gasteiger partial charge in [0.15, 0.2) is 0 Å². The molecule has 0 saturated carbocycles. The Balaban J connectivity index is 2.26. The smallest absolute Gasteiger partial charge is 0.276 e. The molecule has 0 heterocycles. The molecule has 0 bridgehead atoms. The lowest BCUT2D eigenvalue weighted by Gasteiger charge is -2.06. The molecule has 0 unspecified atom stereocenters. The molecule has 5 nitrogen and oxygen atoms in total. The van der Waals surface area contributed by atoms with E-state index in [9.17, 15) is 9.59 Å². The SMILES string of the molecule is NC(=O)SCC(=O)NNc1ccccc1. The summed E-state index contributed by atoms with van der Waals surface area (Å²) in [6.07, 6.45) is 0. The quantitative estimate of drug-likeness (QED) is 0.666. The monoisotopic (exact) mass is 225 g/mol. The van der Waals surface area contributed by atoms with Crippen molar-refractivity contribution >= 4 is 28.6 Å². The Morgan fingerprint density at radius 1 is 1.27 bits per heavy atom. The summed E-state index contributed by atoms with van der Waals surface area (Å²) in [7, 11) is 0. The minimum Gasteiger partial charge on any atom is -0.361 e. The highest BCUT2D eigenvalue weighted by Crippen LogP contribution is 2.03. The predicted molar refractivity (Wildman–Crippen MR) is 60.2 cm³/mol. The Morgan fingerprint density at radius 3 is 2.53 bits per heavy atom. The molecule has 1 rings (SSSR count). The first-order valence-corrected chi connectivity index (χ1v) is 5.19. The summed E-state index contributed by atoms with van der Waals surface area (Å²) in [6.45, 7) is 0. The number of amides is 2. The molecule has 0 aliphatic heterocycles. The summed E-state index contributed by atoms with van der Waals surface area (Å²) in [5.74, 6) is -0.294. The van der Waals surface area contributed by atoms with E-state index >= 15 is 0 Å². The number of nitrogens with one attached hydrogen (secondary N) is 2. The normalized spacial score (nSPS) is 9.33. The van der Waals surface area contributed by atoms with Gasteiger partial charge in [-0.05, 0) is 12.1 Å². The number of carbonyl (C=O) groups is 2. The summed E-state index contributed by atoms with van der Waals surface area (Å²) in [5.41, 5.74) is 10.8. The third-order valence-electron chi connectivity index (χ3n) is 1.47. The minimum atomic E-state index is -0.565. The van der Waals surface area contributed by atoms with Gasteiger partial charge in [-0.3, -0.25) is 20.4 Å². The number of hydrazine groups is 1. The van der Waals surface area contributed by atoms with Crippen LogP contribution in [0.2, 0.25) is 0 Å². The van der Waals surface area contributed by atoms with E-state index in [2.05, 4.69) is 10.9 Å². The van der Waals surface area contributed by atoms with Crippen molar-refractivity contribution in [3.05, 3.63) is 30.3 Å². The molecule has 0 aliphatic rings. The molecular weight excluding hydrogens is 214 g/mol. The Hall–Kier alpha value is -1.69. The number of benzene rings is 1. The second kappa shape index (κ2) is 5.92. The molecule has 1 aromatic carbocycles. The van der Waals surface area contributed by atoms with Gasteiger partial charge in [0.05, 0.1) is 11.4 Å². The van der Waals surface area contributed by atoms with Crippen LogP contribution in [-0.4, -0.2) is 16.9 Å². The first kappa shape index (κ1) is 11.4. The molecule has 0 atom stereocenters. The summed E-state index contributed by atoms with van der Waals surface area (Å²) >= 11 is 0.761. The fourth-order valence-electron chi connectivity index (χ4n) is 0.836.